The van der Waals surface area contributed by atoms with Gasteiger partial charge in [0.25, 0.3) is 0 Å². The summed E-state index contributed by atoms with van der Waals surface area (Å²) in [5, 5.41) is 3.44. The first-order valence-electron chi connectivity index (χ1n) is 5.09. The number of fused-ring (bicyclic) bond motifs is 1. The predicted octanol–water partition coefficient (Wildman–Crippen LogP) is 2.55. The summed E-state index contributed by atoms with van der Waals surface area (Å²) in [4.78, 5) is 25.8. The van der Waals surface area contributed by atoms with Crippen molar-refractivity contribution in [2.24, 2.45) is 0 Å². The number of aromatic nitrogens is 1. The molecule has 0 radical (unpaired) electrons. The normalized spacial score (nSPS) is 10.2. The van der Waals surface area contributed by atoms with E-state index in [1.165, 1.54) is 14.0 Å². The maximum atomic E-state index is 11.6. The number of hydrogen-bond donors (Lipinski definition) is 2. The van der Waals surface area contributed by atoms with E-state index in [9.17, 15) is 9.59 Å². The van der Waals surface area contributed by atoms with E-state index in [1.807, 2.05) is 12.1 Å². The summed E-state index contributed by atoms with van der Waals surface area (Å²) in [7, 11) is 1.27. The van der Waals surface area contributed by atoms with Gasteiger partial charge in [-0.3, -0.25) is 10.1 Å². The van der Waals surface area contributed by atoms with Crippen LogP contribution in [-0.2, 0) is 4.74 Å². The number of amides is 1. The molecule has 5 heteroatoms. The van der Waals surface area contributed by atoms with Gasteiger partial charge >= 0.3 is 6.09 Å². The quantitative estimate of drug-likeness (QED) is 0.781. The number of carbonyl (C=O) groups is 2. The largest absolute Gasteiger partial charge is 0.453 e. The Labute approximate surface area is 97.8 Å². The standard InChI is InChI=1S/C12H12N2O3/c1-7(15)10-9(14-12(16)17-2)4-3-8-5-6-13-11(8)10/h3-6,13H,1-2H3,(H,14,16). The molecule has 0 atom stereocenters. The molecule has 0 fully saturated rings. The molecule has 2 N–H and O–H groups in total. The van der Waals surface area contributed by atoms with E-state index < -0.39 is 6.09 Å². The average Bonchev–Trinajstić information content (AvgIpc) is 2.75. The van der Waals surface area contributed by atoms with Gasteiger partial charge in [0, 0.05) is 11.6 Å². The topological polar surface area (TPSA) is 71.2 Å². The molecule has 0 aliphatic rings. The van der Waals surface area contributed by atoms with Crippen molar-refractivity contribution in [1.82, 2.24) is 4.98 Å². The van der Waals surface area contributed by atoms with Crippen molar-refractivity contribution in [3.63, 3.8) is 0 Å². The Morgan fingerprint density at radius 2 is 2.06 bits per heavy atom. The highest BCUT2D eigenvalue weighted by atomic mass is 16.5. The molecule has 17 heavy (non-hydrogen) atoms. The Bertz CT molecular complexity index is 586. The lowest BCUT2D eigenvalue weighted by Gasteiger charge is -2.09. The van der Waals surface area contributed by atoms with E-state index in [0.717, 1.165) is 5.39 Å². The molecule has 88 valence electrons. The van der Waals surface area contributed by atoms with Crippen molar-refractivity contribution in [2.45, 2.75) is 6.92 Å². The third-order valence-corrected chi connectivity index (χ3v) is 2.50. The first kappa shape index (κ1) is 11.2. The van der Waals surface area contributed by atoms with Gasteiger partial charge in [0.1, 0.15) is 0 Å². The number of benzene rings is 1. The monoisotopic (exact) mass is 232 g/mol. The molecule has 0 aliphatic heterocycles. The molecule has 0 spiro atoms. The Balaban J connectivity index is 2.58. The fourth-order valence-corrected chi connectivity index (χ4v) is 1.76. The Morgan fingerprint density at radius 1 is 1.29 bits per heavy atom. The second-order valence-corrected chi connectivity index (χ2v) is 3.60. The molecule has 1 aromatic carbocycles. The number of Topliss-reactive ketones (excluding diaryl/α,β-unsaturated/α-hetero) is 1. The van der Waals surface area contributed by atoms with E-state index >= 15 is 0 Å². The summed E-state index contributed by atoms with van der Waals surface area (Å²) in [6, 6.07) is 5.37. The number of methoxy groups -OCH3 is 1. The molecule has 0 saturated carbocycles. The SMILES string of the molecule is COC(=O)Nc1ccc2cc[nH]c2c1C(C)=O. The van der Waals surface area contributed by atoms with Gasteiger partial charge in [-0.15, -0.1) is 0 Å². The van der Waals surface area contributed by atoms with E-state index in [0.29, 0.717) is 16.8 Å². The van der Waals surface area contributed by atoms with E-state index in [2.05, 4.69) is 15.0 Å². The molecule has 0 aliphatic carbocycles. The number of anilines is 1. The molecule has 2 rings (SSSR count). The van der Waals surface area contributed by atoms with Gasteiger partial charge < -0.3 is 9.72 Å². The van der Waals surface area contributed by atoms with Crippen LogP contribution < -0.4 is 5.32 Å². The van der Waals surface area contributed by atoms with Gasteiger partial charge in [0.2, 0.25) is 0 Å². The van der Waals surface area contributed by atoms with E-state index in [1.54, 1.807) is 12.3 Å². The van der Waals surface area contributed by atoms with Crippen molar-refractivity contribution in [2.75, 3.05) is 12.4 Å². The van der Waals surface area contributed by atoms with Crippen LogP contribution in [0.15, 0.2) is 24.4 Å². The first-order valence-corrected chi connectivity index (χ1v) is 5.09. The first-order chi connectivity index (χ1) is 8.13. The molecule has 1 aromatic heterocycles. The smallest absolute Gasteiger partial charge is 0.411 e. The maximum Gasteiger partial charge on any atom is 0.411 e. The molecule has 5 nitrogen and oxygen atoms in total. The van der Waals surface area contributed by atoms with Crippen molar-refractivity contribution in [1.29, 1.82) is 0 Å². The van der Waals surface area contributed by atoms with Crippen LogP contribution in [0.1, 0.15) is 17.3 Å². The van der Waals surface area contributed by atoms with Gasteiger partial charge in [-0.05, 0) is 19.1 Å². The number of nitrogens with one attached hydrogen (secondary N) is 2. The molecule has 0 unspecified atom stereocenters. The molecule has 0 saturated heterocycles. The van der Waals surface area contributed by atoms with Crippen LogP contribution in [0.4, 0.5) is 10.5 Å². The van der Waals surface area contributed by atoms with Crippen LogP contribution in [0.3, 0.4) is 0 Å². The highest BCUT2D eigenvalue weighted by Gasteiger charge is 2.14. The van der Waals surface area contributed by atoms with Crippen LogP contribution in [0.25, 0.3) is 10.9 Å². The second kappa shape index (κ2) is 4.29. The minimum atomic E-state index is -0.599. The molecular formula is C12H12N2O3. The predicted molar refractivity (Wildman–Crippen MR) is 64.3 cm³/mol. The van der Waals surface area contributed by atoms with Crippen molar-refractivity contribution >= 4 is 28.5 Å². The maximum absolute atomic E-state index is 11.6. The lowest BCUT2D eigenvalue weighted by molar-refractivity contribution is 0.102. The Morgan fingerprint density at radius 3 is 2.71 bits per heavy atom. The Kier molecular flexibility index (Phi) is 2.82. The van der Waals surface area contributed by atoms with Crippen LogP contribution in [0.5, 0.6) is 0 Å². The highest BCUT2D eigenvalue weighted by molar-refractivity contribution is 6.12. The van der Waals surface area contributed by atoms with Crippen LogP contribution >= 0.6 is 0 Å². The zero-order valence-corrected chi connectivity index (χ0v) is 9.53. The summed E-state index contributed by atoms with van der Waals surface area (Å²) < 4.78 is 4.51. The zero-order valence-electron chi connectivity index (χ0n) is 9.53. The summed E-state index contributed by atoms with van der Waals surface area (Å²) in [5.41, 5.74) is 1.61. The number of aromatic amines is 1. The summed E-state index contributed by atoms with van der Waals surface area (Å²) in [5.74, 6) is -0.121. The van der Waals surface area contributed by atoms with Crippen LogP contribution in [-0.4, -0.2) is 24.0 Å². The van der Waals surface area contributed by atoms with E-state index in [-0.39, 0.29) is 5.78 Å². The Hall–Kier alpha value is -2.30. The summed E-state index contributed by atoms with van der Waals surface area (Å²) in [6.45, 7) is 1.46. The fraction of sp³-hybridized carbons (Fsp3) is 0.167. The molecule has 0 bridgehead atoms. The van der Waals surface area contributed by atoms with Crippen molar-refractivity contribution in [3.8, 4) is 0 Å². The summed E-state index contributed by atoms with van der Waals surface area (Å²) in [6.07, 6.45) is 1.15. The number of carbonyl (C=O) groups excluding carboxylic acids is 2. The number of ketones is 1. The lowest BCUT2D eigenvalue weighted by Crippen LogP contribution is -2.13. The number of H-pyrrole nitrogens is 1. The van der Waals surface area contributed by atoms with Gasteiger partial charge in [-0.1, -0.05) is 6.07 Å². The molecule has 1 amide bonds. The average molecular weight is 232 g/mol. The van der Waals surface area contributed by atoms with Gasteiger partial charge in [-0.25, -0.2) is 4.79 Å². The number of rotatable bonds is 2. The highest BCUT2D eigenvalue weighted by Crippen LogP contribution is 2.25. The third kappa shape index (κ3) is 1.99. The van der Waals surface area contributed by atoms with E-state index in [4.69, 9.17) is 0 Å². The van der Waals surface area contributed by atoms with Gasteiger partial charge in [0.05, 0.1) is 23.9 Å². The molecule has 1 heterocycles. The van der Waals surface area contributed by atoms with Crippen LogP contribution in [0.2, 0.25) is 0 Å². The van der Waals surface area contributed by atoms with Gasteiger partial charge in [0.15, 0.2) is 5.78 Å². The van der Waals surface area contributed by atoms with Crippen LogP contribution in [0, 0.1) is 0 Å². The minimum absolute atomic E-state index is 0.121. The second-order valence-electron chi connectivity index (χ2n) is 3.60. The van der Waals surface area contributed by atoms with Crippen molar-refractivity contribution < 1.29 is 14.3 Å². The van der Waals surface area contributed by atoms with Gasteiger partial charge in [-0.2, -0.15) is 0 Å². The minimum Gasteiger partial charge on any atom is -0.453 e. The van der Waals surface area contributed by atoms with Crippen molar-refractivity contribution in [3.05, 3.63) is 30.0 Å². The molecule has 2 aromatic rings. The summed E-state index contributed by atoms with van der Waals surface area (Å²) >= 11 is 0. The molecular weight excluding hydrogens is 220 g/mol. The lowest BCUT2D eigenvalue weighted by atomic mass is 10.1. The number of hydrogen-bond acceptors (Lipinski definition) is 3. The zero-order chi connectivity index (χ0) is 12.4. The fourth-order valence-electron chi connectivity index (χ4n) is 1.76. The number of ether oxygens (including phenoxy) is 1. The third-order valence-electron chi connectivity index (χ3n) is 2.50.